The highest BCUT2D eigenvalue weighted by Gasteiger charge is 2.38. The molecule has 33 heavy (non-hydrogen) atoms. The quantitative estimate of drug-likeness (QED) is 0.569. The molecule has 2 aromatic carbocycles. The highest BCUT2D eigenvalue weighted by atomic mass is 19.3. The summed E-state index contributed by atoms with van der Waals surface area (Å²) in [4.78, 5) is 20.2. The molecule has 174 valence electrons. The summed E-state index contributed by atoms with van der Waals surface area (Å²) < 4.78 is 41.1. The molecule has 0 radical (unpaired) electrons. The van der Waals surface area contributed by atoms with E-state index < -0.39 is 5.92 Å². The number of aromatic nitrogens is 1. The lowest BCUT2D eigenvalue weighted by Gasteiger charge is -2.35. The Morgan fingerprint density at radius 2 is 1.91 bits per heavy atom. The number of H-pyrrole nitrogens is 1. The number of aromatic amines is 1. The van der Waals surface area contributed by atoms with Crippen molar-refractivity contribution in [3.05, 3.63) is 59.5 Å². The van der Waals surface area contributed by atoms with Gasteiger partial charge in [-0.1, -0.05) is 12.1 Å². The monoisotopic (exact) mass is 456 g/mol. The van der Waals surface area contributed by atoms with Gasteiger partial charge in [-0.15, -0.1) is 0 Å². The second kappa shape index (κ2) is 8.41. The molecule has 5 rings (SSSR count). The van der Waals surface area contributed by atoms with Crippen molar-refractivity contribution in [1.82, 2.24) is 9.88 Å². The van der Waals surface area contributed by atoms with Crippen LogP contribution in [0.2, 0.25) is 0 Å². The van der Waals surface area contributed by atoms with Gasteiger partial charge >= 0.3 is 0 Å². The van der Waals surface area contributed by atoms with E-state index in [1.807, 2.05) is 31.2 Å². The van der Waals surface area contributed by atoms with Crippen LogP contribution in [0.4, 0.5) is 24.5 Å². The summed E-state index contributed by atoms with van der Waals surface area (Å²) in [6.45, 7) is 4.36. The number of nitrogens with one attached hydrogen (secondary N) is 2. The Hall–Kier alpha value is -3.00. The highest BCUT2D eigenvalue weighted by Crippen LogP contribution is 2.32. The number of carbonyl (C=O) groups excluding carboxylic acids is 1. The number of piperidine rings is 1. The third-order valence-electron chi connectivity index (χ3n) is 6.87. The zero-order valence-corrected chi connectivity index (χ0v) is 18.5. The summed E-state index contributed by atoms with van der Waals surface area (Å²) in [6.07, 6.45) is 0.798. The summed E-state index contributed by atoms with van der Waals surface area (Å²) in [6, 6.07) is 12.5. The van der Waals surface area contributed by atoms with Crippen molar-refractivity contribution in [3.8, 4) is 0 Å². The van der Waals surface area contributed by atoms with Crippen LogP contribution in [0.25, 0.3) is 10.9 Å². The fraction of sp³-hybridized carbons (Fsp3) is 0.400. The minimum Gasteiger partial charge on any atom is -0.370 e. The molecule has 1 unspecified atom stereocenters. The van der Waals surface area contributed by atoms with E-state index in [-0.39, 0.29) is 30.6 Å². The molecule has 2 fully saturated rings. The highest BCUT2D eigenvalue weighted by molar-refractivity contribution is 6.06. The molecule has 2 aliphatic heterocycles. The topological polar surface area (TPSA) is 51.4 Å². The molecule has 1 aromatic heterocycles. The first kappa shape index (κ1) is 21.8. The first-order valence-corrected chi connectivity index (χ1v) is 11.4. The molecule has 2 saturated heterocycles. The number of fused-ring (bicyclic) bond motifs is 1. The van der Waals surface area contributed by atoms with Crippen LogP contribution in [0, 0.1) is 12.7 Å². The van der Waals surface area contributed by atoms with E-state index in [0.717, 1.165) is 30.8 Å². The van der Waals surface area contributed by atoms with E-state index >= 15 is 0 Å². The number of hydrogen-bond donors (Lipinski definition) is 2. The van der Waals surface area contributed by atoms with Crippen LogP contribution in [0.5, 0.6) is 0 Å². The van der Waals surface area contributed by atoms with Crippen LogP contribution < -0.4 is 10.2 Å². The van der Waals surface area contributed by atoms with Crippen LogP contribution in [-0.2, 0) is 0 Å². The molecule has 5 nitrogen and oxygen atoms in total. The van der Waals surface area contributed by atoms with E-state index in [4.69, 9.17) is 0 Å². The van der Waals surface area contributed by atoms with Gasteiger partial charge in [-0.3, -0.25) is 9.69 Å². The van der Waals surface area contributed by atoms with Gasteiger partial charge in [0.1, 0.15) is 11.5 Å². The molecular weight excluding hydrogens is 429 g/mol. The molecule has 0 spiro atoms. The molecule has 2 aliphatic rings. The van der Waals surface area contributed by atoms with Gasteiger partial charge in [0.25, 0.3) is 11.8 Å². The molecule has 8 heteroatoms. The van der Waals surface area contributed by atoms with Crippen molar-refractivity contribution in [2.24, 2.45) is 0 Å². The van der Waals surface area contributed by atoms with Gasteiger partial charge in [0.2, 0.25) is 0 Å². The third kappa shape index (κ3) is 4.44. The standard InChI is InChI=1S/C25H27F3N4O/c1-16-5-6-21(26)20-14-22(30-23(16)20)24(33)29-17-3-2-4-18(13-17)32-10-7-19(15-32)31-11-8-25(27,28)9-12-31/h2-6,13-14,19,30H,7-12,15H2,1H3,(H,29,33). The minimum absolute atomic E-state index is 0.0673. The number of halogens is 3. The van der Waals surface area contributed by atoms with Crippen LogP contribution in [0.15, 0.2) is 42.5 Å². The third-order valence-corrected chi connectivity index (χ3v) is 6.87. The average Bonchev–Trinajstić information content (AvgIpc) is 3.45. The number of anilines is 2. The normalized spacial score (nSPS) is 21.0. The number of aryl methyl sites for hydroxylation is 1. The largest absolute Gasteiger partial charge is 0.370 e. The Kier molecular flexibility index (Phi) is 5.56. The predicted octanol–water partition coefficient (Wildman–Crippen LogP) is 5.18. The van der Waals surface area contributed by atoms with Gasteiger partial charge in [0, 0.05) is 61.8 Å². The van der Waals surface area contributed by atoms with E-state index in [1.165, 1.54) is 12.1 Å². The van der Waals surface area contributed by atoms with Gasteiger partial charge in [-0.25, -0.2) is 13.2 Å². The Morgan fingerprint density at radius 3 is 2.67 bits per heavy atom. The molecule has 3 aromatic rings. The first-order chi connectivity index (χ1) is 15.8. The van der Waals surface area contributed by atoms with Crippen molar-refractivity contribution in [2.45, 2.75) is 38.2 Å². The van der Waals surface area contributed by atoms with Gasteiger partial charge in [0.05, 0.1) is 5.52 Å². The summed E-state index contributed by atoms with van der Waals surface area (Å²) in [5, 5.41) is 3.29. The SMILES string of the molecule is Cc1ccc(F)c2cc(C(=O)Nc3cccc(N4CCC(N5CCC(F)(F)CC5)C4)c3)[nH]c12. The summed E-state index contributed by atoms with van der Waals surface area (Å²) in [5.74, 6) is -3.24. The Morgan fingerprint density at radius 1 is 1.12 bits per heavy atom. The first-order valence-electron chi connectivity index (χ1n) is 11.4. The van der Waals surface area contributed by atoms with Crippen molar-refractivity contribution in [3.63, 3.8) is 0 Å². The minimum atomic E-state index is -2.53. The number of amides is 1. The molecule has 0 aliphatic carbocycles. The smallest absolute Gasteiger partial charge is 0.272 e. The summed E-state index contributed by atoms with van der Waals surface area (Å²) in [5.41, 5.74) is 3.42. The predicted molar refractivity (Wildman–Crippen MR) is 124 cm³/mol. The van der Waals surface area contributed by atoms with E-state index in [9.17, 15) is 18.0 Å². The zero-order chi connectivity index (χ0) is 23.2. The van der Waals surface area contributed by atoms with Gasteiger partial charge in [-0.2, -0.15) is 0 Å². The number of likely N-dealkylation sites (tertiary alicyclic amines) is 1. The Balaban J connectivity index is 1.26. The fourth-order valence-electron chi connectivity index (χ4n) is 4.92. The number of rotatable bonds is 4. The number of benzene rings is 2. The lowest BCUT2D eigenvalue weighted by Crippen LogP contribution is -2.46. The van der Waals surface area contributed by atoms with Crippen molar-refractivity contribution in [1.29, 1.82) is 0 Å². The number of nitrogens with zero attached hydrogens (tertiary/aromatic N) is 2. The van der Waals surface area contributed by atoms with Crippen molar-refractivity contribution >= 4 is 28.2 Å². The average molecular weight is 457 g/mol. The second-order valence-corrected chi connectivity index (χ2v) is 9.12. The lowest BCUT2D eigenvalue weighted by atomic mass is 10.0. The molecule has 2 N–H and O–H groups in total. The van der Waals surface area contributed by atoms with Crippen LogP contribution in [0.3, 0.4) is 0 Å². The Bertz CT molecular complexity index is 1140. The summed E-state index contributed by atoms with van der Waals surface area (Å²) in [7, 11) is 0. The Labute approximate surface area is 190 Å². The lowest BCUT2D eigenvalue weighted by molar-refractivity contribution is -0.0614. The molecule has 0 bridgehead atoms. The second-order valence-electron chi connectivity index (χ2n) is 9.12. The summed E-state index contributed by atoms with van der Waals surface area (Å²) >= 11 is 0. The number of hydrogen-bond acceptors (Lipinski definition) is 3. The van der Waals surface area contributed by atoms with E-state index in [0.29, 0.717) is 35.4 Å². The maximum atomic E-state index is 14.1. The van der Waals surface area contributed by atoms with Gasteiger partial charge in [-0.05, 0) is 49.2 Å². The van der Waals surface area contributed by atoms with Crippen LogP contribution in [0.1, 0.15) is 35.3 Å². The fourth-order valence-corrected chi connectivity index (χ4v) is 4.92. The molecule has 1 amide bonds. The van der Waals surface area contributed by atoms with E-state index in [1.54, 1.807) is 6.07 Å². The number of carbonyl (C=O) groups is 1. The molecule has 3 heterocycles. The van der Waals surface area contributed by atoms with Crippen molar-refractivity contribution in [2.75, 3.05) is 36.4 Å². The van der Waals surface area contributed by atoms with E-state index in [2.05, 4.69) is 20.1 Å². The van der Waals surface area contributed by atoms with Gasteiger partial charge in [0.15, 0.2) is 0 Å². The van der Waals surface area contributed by atoms with Crippen LogP contribution in [-0.4, -0.2) is 53.9 Å². The molecule has 1 atom stereocenters. The zero-order valence-electron chi connectivity index (χ0n) is 18.5. The number of alkyl halides is 2. The van der Waals surface area contributed by atoms with Crippen molar-refractivity contribution < 1.29 is 18.0 Å². The maximum absolute atomic E-state index is 14.1. The van der Waals surface area contributed by atoms with Crippen LogP contribution >= 0.6 is 0 Å². The maximum Gasteiger partial charge on any atom is 0.272 e. The van der Waals surface area contributed by atoms with Gasteiger partial charge < -0.3 is 15.2 Å². The molecular formula is C25H27F3N4O. The molecule has 0 saturated carbocycles.